The maximum absolute atomic E-state index is 13.3. The summed E-state index contributed by atoms with van der Waals surface area (Å²) < 4.78 is 13.3. The van der Waals surface area contributed by atoms with Crippen LogP contribution in [0.2, 0.25) is 0 Å². The second-order valence-electron chi connectivity index (χ2n) is 4.09. The molecule has 1 aromatic rings. The number of halogens is 1. The fourth-order valence-electron chi connectivity index (χ4n) is 1.60. The summed E-state index contributed by atoms with van der Waals surface area (Å²) in [7, 11) is 0. The quantitative estimate of drug-likeness (QED) is 0.775. The molecule has 0 spiro atoms. The lowest BCUT2D eigenvalue weighted by Gasteiger charge is -2.14. The van der Waals surface area contributed by atoms with Gasteiger partial charge in [-0.25, -0.2) is 4.39 Å². The zero-order valence-corrected chi connectivity index (χ0v) is 8.46. The minimum atomic E-state index is -0.108. The molecule has 0 aromatic heterocycles. The minimum Gasteiger partial charge on any atom is -0.310 e. The van der Waals surface area contributed by atoms with Crippen molar-refractivity contribution in [2.24, 2.45) is 5.92 Å². The smallest absolute Gasteiger partial charge is 0.127 e. The predicted octanol–water partition coefficient (Wildman–Crippen LogP) is 2.89. The van der Waals surface area contributed by atoms with Crippen LogP contribution in [0.5, 0.6) is 0 Å². The molecule has 0 unspecified atom stereocenters. The highest BCUT2D eigenvalue weighted by atomic mass is 19.1. The molecule has 1 aliphatic carbocycles. The van der Waals surface area contributed by atoms with Crippen LogP contribution in [0, 0.1) is 11.7 Å². The van der Waals surface area contributed by atoms with Gasteiger partial charge in [-0.05, 0) is 38.3 Å². The molecule has 1 nitrogen and oxygen atoms in total. The summed E-state index contributed by atoms with van der Waals surface area (Å²) >= 11 is 0. The molecule has 1 aromatic carbocycles. The molecule has 0 bridgehead atoms. The van der Waals surface area contributed by atoms with Gasteiger partial charge < -0.3 is 5.32 Å². The molecular formula is C12H16FN. The topological polar surface area (TPSA) is 12.0 Å². The fourth-order valence-corrected chi connectivity index (χ4v) is 1.60. The zero-order chi connectivity index (χ0) is 9.97. The monoisotopic (exact) mass is 193 g/mol. The first-order valence-corrected chi connectivity index (χ1v) is 5.25. The molecule has 0 radical (unpaired) electrons. The Hall–Kier alpha value is -0.890. The molecule has 0 saturated heterocycles. The van der Waals surface area contributed by atoms with Gasteiger partial charge in [0, 0.05) is 11.6 Å². The zero-order valence-electron chi connectivity index (χ0n) is 8.46. The van der Waals surface area contributed by atoms with Crippen molar-refractivity contribution in [2.75, 3.05) is 6.54 Å². The number of rotatable bonds is 4. The van der Waals surface area contributed by atoms with Crippen LogP contribution in [0.25, 0.3) is 0 Å². The second kappa shape index (κ2) is 4.09. The van der Waals surface area contributed by atoms with Gasteiger partial charge in [0.2, 0.25) is 0 Å². The van der Waals surface area contributed by atoms with E-state index in [-0.39, 0.29) is 11.9 Å². The fraction of sp³-hybridized carbons (Fsp3) is 0.500. The Bertz CT molecular complexity index is 307. The molecule has 0 heterocycles. The maximum Gasteiger partial charge on any atom is 0.127 e. The molecular weight excluding hydrogens is 177 g/mol. The van der Waals surface area contributed by atoms with E-state index in [0.717, 1.165) is 18.0 Å². The summed E-state index contributed by atoms with van der Waals surface area (Å²) in [6.45, 7) is 3.04. The number of hydrogen-bond donors (Lipinski definition) is 1. The van der Waals surface area contributed by atoms with Gasteiger partial charge in [-0.1, -0.05) is 18.2 Å². The highest BCUT2D eigenvalue weighted by Crippen LogP contribution is 2.28. The van der Waals surface area contributed by atoms with Gasteiger partial charge in [-0.15, -0.1) is 0 Å². The molecule has 1 fully saturated rings. The molecule has 1 aliphatic rings. The summed E-state index contributed by atoms with van der Waals surface area (Å²) in [5.74, 6) is 0.729. The molecule has 1 saturated carbocycles. The Morgan fingerprint density at radius 2 is 2.14 bits per heavy atom. The predicted molar refractivity (Wildman–Crippen MR) is 55.5 cm³/mol. The standard InChI is InChI=1S/C12H16FN/c1-9(14-8-10-6-7-10)11-4-2-3-5-12(11)13/h2-5,9-10,14H,6-8H2,1H3/t9-/m1/s1. The molecule has 1 N–H and O–H groups in total. The third-order valence-electron chi connectivity index (χ3n) is 2.78. The van der Waals surface area contributed by atoms with Crippen molar-refractivity contribution >= 4 is 0 Å². The van der Waals surface area contributed by atoms with Crippen molar-refractivity contribution in [3.05, 3.63) is 35.6 Å². The third kappa shape index (κ3) is 2.32. The average molecular weight is 193 g/mol. The average Bonchev–Trinajstić information content (AvgIpc) is 2.98. The van der Waals surface area contributed by atoms with Gasteiger partial charge in [-0.2, -0.15) is 0 Å². The third-order valence-corrected chi connectivity index (χ3v) is 2.78. The van der Waals surface area contributed by atoms with Gasteiger partial charge in [0.25, 0.3) is 0 Å². The molecule has 2 heteroatoms. The number of benzene rings is 1. The van der Waals surface area contributed by atoms with E-state index < -0.39 is 0 Å². The lowest BCUT2D eigenvalue weighted by atomic mass is 10.1. The van der Waals surface area contributed by atoms with Crippen molar-refractivity contribution < 1.29 is 4.39 Å². The minimum absolute atomic E-state index is 0.108. The Kier molecular flexibility index (Phi) is 2.82. The van der Waals surface area contributed by atoms with Crippen molar-refractivity contribution in [2.45, 2.75) is 25.8 Å². The molecule has 2 rings (SSSR count). The lowest BCUT2D eigenvalue weighted by molar-refractivity contribution is 0.515. The summed E-state index contributed by atoms with van der Waals surface area (Å²) in [5.41, 5.74) is 0.771. The Balaban J connectivity index is 1.95. The lowest BCUT2D eigenvalue weighted by Crippen LogP contribution is -2.21. The van der Waals surface area contributed by atoms with Crippen molar-refractivity contribution in [3.63, 3.8) is 0 Å². The van der Waals surface area contributed by atoms with Gasteiger partial charge in [0.15, 0.2) is 0 Å². The van der Waals surface area contributed by atoms with Gasteiger partial charge in [-0.3, -0.25) is 0 Å². The summed E-state index contributed by atoms with van der Waals surface area (Å²) in [5, 5.41) is 3.36. The van der Waals surface area contributed by atoms with Gasteiger partial charge in [0.1, 0.15) is 5.82 Å². The van der Waals surface area contributed by atoms with Crippen LogP contribution >= 0.6 is 0 Å². The summed E-state index contributed by atoms with van der Waals surface area (Å²) in [4.78, 5) is 0. The van der Waals surface area contributed by atoms with E-state index in [4.69, 9.17) is 0 Å². The van der Waals surface area contributed by atoms with Crippen LogP contribution in [0.3, 0.4) is 0 Å². The van der Waals surface area contributed by atoms with Crippen molar-refractivity contribution in [3.8, 4) is 0 Å². The first-order chi connectivity index (χ1) is 6.77. The van der Waals surface area contributed by atoms with E-state index in [1.165, 1.54) is 18.9 Å². The molecule has 76 valence electrons. The van der Waals surface area contributed by atoms with Crippen LogP contribution in [0.15, 0.2) is 24.3 Å². The first-order valence-electron chi connectivity index (χ1n) is 5.25. The SMILES string of the molecule is C[C@@H](NCC1CC1)c1ccccc1F. The highest BCUT2D eigenvalue weighted by molar-refractivity contribution is 5.20. The normalized spacial score (nSPS) is 18.1. The van der Waals surface area contributed by atoms with E-state index >= 15 is 0 Å². The van der Waals surface area contributed by atoms with E-state index in [2.05, 4.69) is 5.32 Å². The first kappa shape index (κ1) is 9.66. The van der Waals surface area contributed by atoms with E-state index in [1.54, 1.807) is 6.07 Å². The van der Waals surface area contributed by atoms with E-state index in [0.29, 0.717) is 0 Å². The van der Waals surface area contributed by atoms with Crippen molar-refractivity contribution in [1.29, 1.82) is 0 Å². The largest absolute Gasteiger partial charge is 0.310 e. The molecule has 0 aliphatic heterocycles. The van der Waals surface area contributed by atoms with Crippen LogP contribution in [0.4, 0.5) is 4.39 Å². The number of nitrogens with one attached hydrogen (secondary N) is 1. The van der Waals surface area contributed by atoms with E-state index in [1.807, 2.05) is 19.1 Å². The Labute approximate surface area is 84.3 Å². The van der Waals surface area contributed by atoms with Crippen LogP contribution < -0.4 is 5.32 Å². The van der Waals surface area contributed by atoms with Gasteiger partial charge >= 0.3 is 0 Å². The molecule has 1 atom stereocenters. The van der Waals surface area contributed by atoms with Crippen LogP contribution in [0.1, 0.15) is 31.4 Å². The summed E-state index contributed by atoms with van der Waals surface area (Å²) in [6.07, 6.45) is 2.66. The second-order valence-corrected chi connectivity index (χ2v) is 4.09. The van der Waals surface area contributed by atoms with Crippen molar-refractivity contribution in [1.82, 2.24) is 5.32 Å². The van der Waals surface area contributed by atoms with Gasteiger partial charge in [0.05, 0.1) is 0 Å². The molecule has 14 heavy (non-hydrogen) atoms. The van der Waals surface area contributed by atoms with E-state index in [9.17, 15) is 4.39 Å². The highest BCUT2D eigenvalue weighted by Gasteiger charge is 2.21. The maximum atomic E-state index is 13.3. The Morgan fingerprint density at radius 3 is 2.79 bits per heavy atom. The Morgan fingerprint density at radius 1 is 1.43 bits per heavy atom. The van der Waals surface area contributed by atoms with Crippen LogP contribution in [-0.4, -0.2) is 6.54 Å². The summed E-state index contributed by atoms with van der Waals surface area (Å²) in [6, 6.07) is 7.10. The van der Waals surface area contributed by atoms with Crippen LogP contribution in [-0.2, 0) is 0 Å². The number of hydrogen-bond acceptors (Lipinski definition) is 1. The molecule has 0 amide bonds.